The van der Waals surface area contributed by atoms with Gasteiger partial charge in [0, 0.05) is 202 Å². The molecule has 0 saturated carbocycles. The summed E-state index contributed by atoms with van der Waals surface area (Å²) >= 11 is 86.1. The molecule has 0 amide bonds. The van der Waals surface area contributed by atoms with Crippen LogP contribution in [-0.4, -0.2) is 0 Å². The van der Waals surface area contributed by atoms with Gasteiger partial charge in [0.2, 0.25) is 0 Å². The molecule has 0 aliphatic rings. The lowest BCUT2D eigenvalue weighted by molar-refractivity contribution is 1.21. The second-order valence-electron chi connectivity index (χ2n) is 22.6. The molecule has 0 radical (unpaired) electrons. The summed E-state index contributed by atoms with van der Waals surface area (Å²) in [6.07, 6.45) is 0. The molecule has 0 unspecified atom stereocenters. The van der Waals surface area contributed by atoms with Crippen LogP contribution in [-0.2, 0) is 0 Å². The summed E-state index contributed by atoms with van der Waals surface area (Å²) in [5.41, 5.74) is 0. The number of hydrogen-bond donors (Lipinski definition) is 0. The Balaban J connectivity index is 1.24. The predicted octanol–water partition coefficient (Wildman–Crippen LogP) is 33.8. The third kappa shape index (κ3) is 14.6. The van der Waals surface area contributed by atoms with Gasteiger partial charge >= 0.3 is 0 Å². The standard InChI is InChI=1S/C80H40Cl10S10/c81-41-1-21-51(22-2-41)91-71-66-61-62-64-65-63(61)68(75(95-55-29-9-45(85)10-30-55)73(66)93-53-25-5-43(83)6-26-53)77(97-57-33-13-47(87)14-34-57)79(99-59-37-17-49(89)18-38-59)70(65)80(100-60-39-19-50(90)20-40-60)78(98-58-35-15-48(88)16-36-58)69(64)76(96-56-31-11-46(86)12-32-56)74(94-54-27-7-44(84)8-28-54)67(62)72(71)92-52-23-3-42(82)4-24-52/h1-40H. The maximum Gasteiger partial charge on any atom is 0.0406 e. The monoisotopic (exact) mass is 1670 g/mol. The van der Waals surface area contributed by atoms with Gasteiger partial charge in [-0.3, -0.25) is 0 Å². The number of rotatable bonds is 20. The van der Waals surface area contributed by atoms with Gasteiger partial charge in [-0.15, -0.1) is 0 Å². The lowest BCUT2D eigenvalue weighted by atomic mass is 9.99. The van der Waals surface area contributed by atoms with Gasteiger partial charge in [0.15, 0.2) is 0 Å². The van der Waals surface area contributed by atoms with Crippen molar-refractivity contribution in [3.05, 3.63) is 293 Å². The van der Waals surface area contributed by atoms with Crippen LogP contribution in [0, 0.1) is 0 Å². The van der Waals surface area contributed by atoms with Crippen molar-refractivity contribution in [1.82, 2.24) is 0 Å². The van der Waals surface area contributed by atoms with Crippen molar-refractivity contribution in [2.45, 2.75) is 97.9 Å². The first-order valence-corrected chi connectivity index (χ1v) is 42.4. The summed E-state index contributed by atoms with van der Waals surface area (Å²) in [5.74, 6) is 0. The Labute approximate surface area is 670 Å². The van der Waals surface area contributed by atoms with Crippen LogP contribution in [0.15, 0.2) is 341 Å². The van der Waals surface area contributed by atoms with Crippen LogP contribution in [0.3, 0.4) is 0 Å². The van der Waals surface area contributed by atoms with E-state index >= 15 is 0 Å². The van der Waals surface area contributed by atoms with Crippen LogP contribution in [0.2, 0.25) is 50.2 Å². The average molecular weight is 1680 g/mol. The van der Waals surface area contributed by atoms with Crippen LogP contribution in [0.25, 0.3) is 53.9 Å². The van der Waals surface area contributed by atoms with Gasteiger partial charge in [0.1, 0.15) is 0 Å². The molecule has 0 fully saturated rings. The zero-order valence-corrected chi connectivity index (χ0v) is 66.7. The van der Waals surface area contributed by atoms with Gasteiger partial charge in [-0.1, -0.05) is 234 Å². The van der Waals surface area contributed by atoms with Gasteiger partial charge < -0.3 is 0 Å². The van der Waals surface area contributed by atoms with Crippen LogP contribution in [0.5, 0.6) is 0 Å². The van der Waals surface area contributed by atoms with Crippen molar-refractivity contribution in [3.8, 4) is 0 Å². The molecule has 490 valence electrons. The van der Waals surface area contributed by atoms with Gasteiger partial charge in [0.05, 0.1) is 0 Å². The SMILES string of the molecule is Clc1ccc(Sc2c(Sc3ccc(Cl)cc3)c3c(Sc4ccc(Cl)cc4)c(Sc4ccc(Cl)cc4)c4c(Sc5ccc(Cl)cc5)c(Sc5ccc(Cl)cc5)c5c(Sc6ccc(Cl)cc6)c(Sc6ccc(Cl)cc6)c6c(Sc7ccc(Cl)cc7)c(Sc7ccc(Cl)cc7)c2c2c3c4c5c62)cc1. The fourth-order valence-electron chi connectivity index (χ4n) is 11.8. The molecule has 0 atom stereocenters. The summed E-state index contributed by atoms with van der Waals surface area (Å²) in [5, 5.41) is 17.4. The van der Waals surface area contributed by atoms with Crippen molar-refractivity contribution in [2.75, 3.05) is 0 Å². The predicted molar refractivity (Wildman–Crippen MR) is 443 cm³/mol. The Hall–Kier alpha value is -4.00. The second-order valence-corrected chi connectivity index (χ2v) is 37.8. The molecule has 16 rings (SSSR count). The highest BCUT2D eigenvalue weighted by molar-refractivity contribution is 8.05. The number of benzene rings is 15. The van der Waals surface area contributed by atoms with Gasteiger partial charge in [-0.05, 0) is 243 Å². The quantitative estimate of drug-likeness (QED) is 0.0674. The van der Waals surface area contributed by atoms with Crippen molar-refractivity contribution in [3.63, 3.8) is 0 Å². The molecule has 0 nitrogen and oxygen atoms in total. The van der Waals surface area contributed by atoms with E-state index in [1.807, 2.05) is 121 Å². The highest BCUT2D eigenvalue weighted by Gasteiger charge is 2.39. The van der Waals surface area contributed by atoms with Crippen molar-refractivity contribution < 1.29 is 0 Å². The Kier molecular flexibility index (Phi) is 21.4. The van der Waals surface area contributed by atoms with Gasteiger partial charge in [0.25, 0.3) is 0 Å². The van der Waals surface area contributed by atoms with E-state index in [4.69, 9.17) is 116 Å². The smallest absolute Gasteiger partial charge is 0.0406 e. The maximum absolute atomic E-state index is 6.87. The molecule has 0 N–H and O–H groups in total. The minimum absolute atomic E-state index is 0.635. The molecule has 16 aromatic carbocycles. The van der Waals surface area contributed by atoms with Crippen molar-refractivity contribution in [1.29, 1.82) is 0 Å². The molecule has 0 heterocycles. The third-order valence-electron chi connectivity index (χ3n) is 16.1. The summed E-state index contributed by atoms with van der Waals surface area (Å²) in [4.78, 5) is 20.6. The first kappa shape index (κ1) is 70.3. The van der Waals surface area contributed by atoms with Crippen molar-refractivity contribution >= 4 is 287 Å². The molecule has 0 aliphatic heterocycles. The van der Waals surface area contributed by atoms with Crippen LogP contribution >= 0.6 is 234 Å². The summed E-state index contributed by atoms with van der Waals surface area (Å²) < 4.78 is 0. The fraction of sp³-hybridized carbons (Fsp3) is 0. The van der Waals surface area contributed by atoms with Crippen LogP contribution in [0.4, 0.5) is 0 Å². The zero-order valence-electron chi connectivity index (χ0n) is 51.0. The molecule has 100 heavy (non-hydrogen) atoms. The van der Waals surface area contributed by atoms with E-state index in [-0.39, 0.29) is 0 Å². The summed E-state index contributed by atoms with van der Waals surface area (Å²) in [7, 11) is 0. The maximum atomic E-state index is 6.87. The Morgan fingerprint density at radius 3 is 0.270 bits per heavy atom. The van der Waals surface area contributed by atoms with Gasteiger partial charge in [-0.2, -0.15) is 0 Å². The highest BCUT2D eigenvalue weighted by Crippen LogP contribution is 2.69. The molecule has 20 heteroatoms. The second kappa shape index (κ2) is 30.5. The molecule has 0 bridgehead atoms. The molecular weight excluding hydrogens is 1640 g/mol. The molecule has 16 aromatic rings. The van der Waals surface area contributed by atoms with E-state index in [0.717, 1.165) is 152 Å². The Bertz CT molecular complexity index is 4540. The van der Waals surface area contributed by atoms with E-state index in [9.17, 15) is 0 Å². The first-order chi connectivity index (χ1) is 48.6. The average Bonchev–Trinajstić information content (AvgIpc) is 1.48. The van der Waals surface area contributed by atoms with Gasteiger partial charge in [-0.25, -0.2) is 0 Å². The van der Waals surface area contributed by atoms with E-state index in [2.05, 4.69) is 121 Å². The van der Waals surface area contributed by atoms with E-state index < -0.39 is 0 Å². The van der Waals surface area contributed by atoms with Crippen molar-refractivity contribution in [2.24, 2.45) is 0 Å². The summed E-state index contributed by atoms with van der Waals surface area (Å²) in [6.45, 7) is 0. The molecule has 0 aromatic heterocycles. The first-order valence-electron chi connectivity index (χ1n) is 30.4. The molecule has 0 aliphatic carbocycles. The fourth-order valence-corrected chi connectivity index (χ4v) is 24.8. The molecule has 0 saturated heterocycles. The molecule has 0 spiro atoms. The minimum Gasteiger partial charge on any atom is -0.0882 e. The minimum atomic E-state index is 0.635. The Morgan fingerprint density at radius 2 is 0.190 bits per heavy atom. The van der Waals surface area contributed by atoms with Crippen LogP contribution < -0.4 is 0 Å². The lowest BCUT2D eigenvalue weighted by Gasteiger charge is -2.25. The number of hydrogen-bond acceptors (Lipinski definition) is 10. The highest BCUT2D eigenvalue weighted by atomic mass is 35.5. The lowest BCUT2D eigenvalue weighted by Crippen LogP contribution is -1.96. The van der Waals surface area contributed by atoms with E-state index in [1.54, 1.807) is 118 Å². The topological polar surface area (TPSA) is 0 Å². The van der Waals surface area contributed by atoms with Crippen LogP contribution in [0.1, 0.15) is 0 Å². The van der Waals surface area contributed by atoms with E-state index in [1.165, 1.54) is 0 Å². The third-order valence-corrected chi connectivity index (χ3v) is 30.5. The Morgan fingerprint density at radius 1 is 0.110 bits per heavy atom. The molecular formula is C80H40Cl10S10. The normalized spacial score (nSPS) is 11.9. The van der Waals surface area contributed by atoms with E-state index in [0.29, 0.717) is 50.2 Å². The number of halogens is 10. The largest absolute Gasteiger partial charge is 0.0882 e. The zero-order chi connectivity index (χ0) is 68.4. The summed E-state index contributed by atoms with van der Waals surface area (Å²) in [6, 6.07) is 82.0.